The first-order valence-corrected chi connectivity index (χ1v) is 41.8. The molecule has 100 heavy (non-hydrogen) atoms. The highest BCUT2D eigenvalue weighted by Crippen LogP contribution is 2.45. The van der Waals surface area contributed by atoms with Gasteiger partial charge >= 0.3 is 39.5 Å². The van der Waals surface area contributed by atoms with Crippen LogP contribution in [0.25, 0.3) is 0 Å². The van der Waals surface area contributed by atoms with Gasteiger partial charge in [-0.15, -0.1) is 0 Å². The first-order valence-electron chi connectivity index (χ1n) is 38.8. The van der Waals surface area contributed by atoms with Crippen molar-refractivity contribution in [3.05, 3.63) is 122 Å². The molecule has 0 bridgehead atoms. The molecular formula is C81H138O17P2. The first kappa shape index (κ1) is 95.5. The lowest BCUT2D eigenvalue weighted by atomic mass is 10.0. The van der Waals surface area contributed by atoms with E-state index >= 15 is 0 Å². The van der Waals surface area contributed by atoms with Crippen LogP contribution in [0.1, 0.15) is 310 Å². The molecule has 5 atom stereocenters. The van der Waals surface area contributed by atoms with Crippen LogP contribution in [-0.4, -0.2) is 96.7 Å². The van der Waals surface area contributed by atoms with Crippen LogP contribution < -0.4 is 0 Å². The molecule has 0 saturated carbocycles. The molecule has 19 heteroatoms. The van der Waals surface area contributed by atoms with Crippen molar-refractivity contribution in [3.63, 3.8) is 0 Å². The highest BCUT2D eigenvalue weighted by molar-refractivity contribution is 7.47. The normalized spacial score (nSPS) is 14.6. The third-order valence-electron chi connectivity index (χ3n) is 15.9. The lowest BCUT2D eigenvalue weighted by Gasteiger charge is -2.21. The predicted octanol–water partition coefficient (Wildman–Crippen LogP) is 22.3. The molecule has 3 N–H and O–H groups in total. The maximum atomic E-state index is 13.1. The van der Waals surface area contributed by atoms with E-state index in [0.717, 1.165) is 154 Å². The van der Waals surface area contributed by atoms with Gasteiger partial charge in [0.15, 0.2) is 12.2 Å². The Balaban J connectivity index is 5.41. The zero-order chi connectivity index (χ0) is 73.2. The molecule has 574 valence electrons. The highest BCUT2D eigenvalue weighted by atomic mass is 31.2. The second-order valence-electron chi connectivity index (χ2n) is 25.6. The van der Waals surface area contributed by atoms with E-state index in [0.29, 0.717) is 32.1 Å². The lowest BCUT2D eigenvalue weighted by molar-refractivity contribution is -0.161. The van der Waals surface area contributed by atoms with Crippen LogP contribution in [0.3, 0.4) is 0 Å². The molecule has 0 heterocycles. The van der Waals surface area contributed by atoms with E-state index in [1.807, 2.05) is 18.2 Å². The number of phosphoric acid groups is 2. The predicted molar refractivity (Wildman–Crippen MR) is 408 cm³/mol. The maximum absolute atomic E-state index is 13.1. The van der Waals surface area contributed by atoms with Crippen molar-refractivity contribution in [1.82, 2.24) is 0 Å². The molecule has 0 spiro atoms. The second kappa shape index (κ2) is 72.8. The van der Waals surface area contributed by atoms with Gasteiger partial charge in [0.05, 0.1) is 26.4 Å². The summed E-state index contributed by atoms with van der Waals surface area (Å²) in [7, 11) is -9.98. The van der Waals surface area contributed by atoms with E-state index in [-0.39, 0.29) is 25.7 Å². The SMILES string of the molecule is CC/C=C\C/C=C\C/C=C\C/C=C\C/C=C\C/C=C\CCC(=O)OCC(COP(=O)(O)OCC(O)COP(=O)(O)OCC(COC(=O)CCCCCCC/C=C\C/C=C\CCCCC)OC(=O)CCCCCCC/C=C\C/C=C\CCC)OC(=O)CCCCCCCCCCCCCCC. The van der Waals surface area contributed by atoms with Gasteiger partial charge in [-0.25, -0.2) is 9.13 Å². The molecule has 17 nitrogen and oxygen atoms in total. The topological polar surface area (TPSA) is 237 Å². The summed E-state index contributed by atoms with van der Waals surface area (Å²) in [6, 6.07) is 0. The smallest absolute Gasteiger partial charge is 0.462 e. The van der Waals surface area contributed by atoms with Crippen LogP contribution in [0.4, 0.5) is 0 Å². The fraction of sp³-hybridized carbons (Fsp3) is 0.704. The molecule has 0 aromatic carbocycles. The summed E-state index contributed by atoms with van der Waals surface area (Å²) in [6.07, 6.45) is 79.1. The number of ether oxygens (including phenoxy) is 4. The van der Waals surface area contributed by atoms with Gasteiger partial charge in [0.1, 0.15) is 19.3 Å². The molecule has 0 aromatic rings. The van der Waals surface area contributed by atoms with E-state index in [2.05, 4.69) is 131 Å². The number of phosphoric ester groups is 2. The molecule has 0 amide bonds. The molecule has 0 aliphatic rings. The fourth-order valence-electron chi connectivity index (χ4n) is 10.0. The summed E-state index contributed by atoms with van der Waals surface area (Å²) in [6.45, 7) is 4.56. The molecular weight excluding hydrogens is 1310 g/mol. The van der Waals surface area contributed by atoms with Crippen molar-refractivity contribution >= 4 is 39.5 Å². The summed E-state index contributed by atoms with van der Waals surface area (Å²) < 4.78 is 68.4. The summed E-state index contributed by atoms with van der Waals surface area (Å²) >= 11 is 0. The minimum atomic E-state index is -4.99. The highest BCUT2D eigenvalue weighted by Gasteiger charge is 2.30. The van der Waals surface area contributed by atoms with Crippen LogP contribution in [-0.2, 0) is 65.4 Å². The molecule has 0 saturated heterocycles. The van der Waals surface area contributed by atoms with E-state index in [4.69, 9.17) is 37.0 Å². The van der Waals surface area contributed by atoms with E-state index in [1.165, 1.54) is 70.6 Å². The van der Waals surface area contributed by atoms with Crippen molar-refractivity contribution in [2.45, 2.75) is 329 Å². The number of aliphatic hydroxyl groups is 1. The average molecular weight is 1450 g/mol. The Morgan fingerprint density at radius 1 is 0.290 bits per heavy atom. The molecule has 5 unspecified atom stereocenters. The van der Waals surface area contributed by atoms with Gasteiger partial charge in [-0.2, -0.15) is 0 Å². The summed E-state index contributed by atoms with van der Waals surface area (Å²) in [5.74, 6) is -2.30. The molecule has 0 aliphatic heterocycles. The number of carbonyl (C=O) groups is 4. The average Bonchev–Trinajstić information content (AvgIpc) is 0.935. The van der Waals surface area contributed by atoms with Crippen LogP contribution in [0.2, 0.25) is 0 Å². The summed E-state index contributed by atoms with van der Waals surface area (Å²) in [5.41, 5.74) is 0. The molecule has 0 aliphatic carbocycles. The number of hydrogen-bond acceptors (Lipinski definition) is 15. The lowest BCUT2D eigenvalue weighted by Crippen LogP contribution is -2.30. The van der Waals surface area contributed by atoms with E-state index < -0.39 is 97.5 Å². The van der Waals surface area contributed by atoms with Crippen LogP contribution in [0.15, 0.2) is 122 Å². The van der Waals surface area contributed by atoms with Crippen molar-refractivity contribution in [2.75, 3.05) is 39.6 Å². The molecule has 0 rings (SSSR count). The Labute approximate surface area is 606 Å². The number of hydrogen-bond donors (Lipinski definition) is 3. The fourth-order valence-corrected chi connectivity index (χ4v) is 11.6. The minimum Gasteiger partial charge on any atom is -0.462 e. The summed E-state index contributed by atoms with van der Waals surface area (Å²) in [5, 5.41) is 10.6. The van der Waals surface area contributed by atoms with Gasteiger partial charge in [0, 0.05) is 25.7 Å². The zero-order valence-electron chi connectivity index (χ0n) is 62.6. The number of allylic oxidation sites excluding steroid dienone is 20. The Bertz CT molecular complexity index is 2370. The Kier molecular flexibility index (Phi) is 69.5. The number of unbranched alkanes of at least 4 members (excludes halogenated alkanes) is 26. The number of esters is 4. The quantitative estimate of drug-likeness (QED) is 0.0169. The Morgan fingerprint density at radius 2 is 0.560 bits per heavy atom. The molecule has 0 radical (unpaired) electrons. The Morgan fingerprint density at radius 3 is 0.920 bits per heavy atom. The van der Waals surface area contributed by atoms with Crippen molar-refractivity contribution in [3.8, 4) is 0 Å². The second-order valence-corrected chi connectivity index (χ2v) is 28.5. The van der Waals surface area contributed by atoms with Crippen molar-refractivity contribution < 1.29 is 80.2 Å². The van der Waals surface area contributed by atoms with Crippen LogP contribution in [0.5, 0.6) is 0 Å². The van der Waals surface area contributed by atoms with E-state index in [1.54, 1.807) is 0 Å². The van der Waals surface area contributed by atoms with Gasteiger partial charge < -0.3 is 33.8 Å². The zero-order valence-corrected chi connectivity index (χ0v) is 64.4. The van der Waals surface area contributed by atoms with Gasteiger partial charge in [-0.1, -0.05) is 284 Å². The minimum absolute atomic E-state index is 0.0357. The third-order valence-corrected chi connectivity index (χ3v) is 17.8. The van der Waals surface area contributed by atoms with Crippen molar-refractivity contribution in [2.24, 2.45) is 0 Å². The maximum Gasteiger partial charge on any atom is 0.472 e. The van der Waals surface area contributed by atoms with Gasteiger partial charge in [0.25, 0.3) is 0 Å². The third kappa shape index (κ3) is 71.8. The van der Waals surface area contributed by atoms with Crippen LogP contribution in [0, 0.1) is 0 Å². The van der Waals surface area contributed by atoms with Gasteiger partial charge in [-0.3, -0.25) is 37.3 Å². The monoisotopic (exact) mass is 1440 g/mol. The number of rotatable bonds is 72. The standard InChI is InChI=1S/C81H138O17P2/c1-5-9-13-17-21-25-29-33-35-36-37-38-40-44-46-50-54-58-62-66-79(84)92-72-77(98-81(86)68-64-60-56-52-48-42-32-28-24-20-16-12-8-4)74-96-100(89,90)94-70-75(82)69-93-99(87,88)95-73-76(97-80(85)67-63-59-55-51-47-41-31-27-23-19-15-11-7-3)71-91-78(83)65-61-57-53-49-45-43-39-34-30-26-22-18-14-10-6-2/h9,13,15,19,21-22,25-27,31,33-35,37-39,44,46,54,58,75-77,82H,5-8,10-12,14,16-18,20,23-24,28-30,32,36,40-43,45,47-53,55-57,59-74H2,1-4H3,(H,87,88)(H,89,90)/b13-9-,19-15-,25-21-,26-22-,31-27-,35-33-,38-37-,39-34-,46-44-,58-54-. The van der Waals surface area contributed by atoms with Gasteiger partial charge in [0.2, 0.25) is 0 Å². The van der Waals surface area contributed by atoms with Crippen LogP contribution >= 0.6 is 15.6 Å². The van der Waals surface area contributed by atoms with E-state index in [9.17, 15) is 43.2 Å². The molecule has 0 fully saturated rings. The number of carbonyl (C=O) groups excluding carboxylic acids is 4. The Hall–Kier alpha value is -4.54. The van der Waals surface area contributed by atoms with Crippen molar-refractivity contribution in [1.29, 1.82) is 0 Å². The van der Waals surface area contributed by atoms with Gasteiger partial charge in [-0.05, 0) is 122 Å². The number of aliphatic hydroxyl groups excluding tert-OH is 1. The first-order chi connectivity index (χ1) is 48.7. The molecule has 0 aromatic heterocycles. The largest absolute Gasteiger partial charge is 0.472 e. The summed E-state index contributed by atoms with van der Waals surface area (Å²) in [4.78, 5) is 72.8.